The molecule has 0 bridgehead atoms. The van der Waals surface area contributed by atoms with Gasteiger partial charge in [-0.05, 0) is 12.8 Å². The Hall–Kier alpha value is 1.56. The molecule has 0 spiro atoms. The van der Waals surface area contributed by atoms with Crippen LogP contribution in [0.2, 0.25) is 0 Å². The molecule has 0 fully saturated rings. The molecule has 0 rings (SSSR count). The van der Waals surface area contributed by atoms with Crippen molar-refractivity contribution in [3.05, 3.63) is 5.32 Å². The van der Waals surface area contributed by atoms with Crippen molar-refractivity contribution in [2.75, 3.05) is 26.8 Å². The third kappa shape index (κ3) is 24.7. The summed E-state index contributed by atoms with van der Waals surface area (Å²) in [5, 5.41) is 3.97. The predicted molar refractivity (Wildman–Crippen MR) is 55.8 cm³/mol. The van der Waals surface area contributed by atoms with Gasteiger partial charge in [-0.25, -0.2) is 0 Å². The average Bonchev–Trinajstić information content (AvgIpc) is 2.15. The van der Waals surface area contributed by atoms with E-state index < -0.39 is 0 Å². The van der Waals surface area contributed by atoms with E-state index >= 15 is 0 Å². The maximum absolute atomic E-state index is 5.32. The van der Waals surface area contributed by atoms with Gasteiger partial charge in [0.05, 0.1) is 0 Å². The van der Waals surface area contributed by atoms with Gasteiger partial charge in [0.25, 0.3) is 0 Å². The first kappa shape index (κ1) is 20.0. The summed E-state index contributed by atoms with van der Waals surface area (Å²) in [6.45, 7) is 8.90. The van der Waals surface area contributed by atoms with Crippen LogP contribution in [-0.4, -0.2) is 26.8 Å². The molecule has 0 saturated carbocycles. The van der Waals surface area contributed by atoms with E-state index in [1.165, 1.54) is 12.8 Å². The molecule has 3 heteroatoms. The van der Waals surface area contributed by atoms with E-state index in [0.717, 1.165) is 26.2 Å². The summed E-state index contributed by atoms with van der Waals surface area (Å²) in [4.78, 5) is 0. The van der Waals surface area contributed by atoms with E-state index in [-0.39, 0.29) is 51.4 Å². The van der Waals surface area contributed by atoms with Crippen LogP contribution in [0.25, 0.3) is 5.32 Å². The summed E-state index contributed by atoms with van der Waals surface area (Å²) in [7, 11) is 1.84. The van der Waals surface area contributed by atoms with Crippen LogP contribution in [0.3, 0.4) is 0 Å². The summed E-state index contributed by atoms with van der Waals surface area (Å²) in [6, 6.07) is 0. The summed E-state index contributed by atoms with van der Waals surface area (Å²) in [5.74, 6) is 0. The number of hydrogen-bond donors (Lipinski definition) is 0. The van der Waals surface area contributed by atoms with Gasteiger partial charge in [0.2, 0.25) is 0 Å². The maximum atomic E-state index is 5.32. The minimum atomic E-state index is 0. The second kappa shape index (κ2) is 23.4. The van der Waals surface area contributed by atoms with E-state index in [4.69, 9.17) is 4.74 Å². The standard InChI is InChI=1S/C8H18NO.C2H6.K/c1-3-4-7-10-8-5-6-9-2;1-2;/h3-8H2,1-2H3;1-2H3;/q-1;;+1. The zero-order chi connectivity index (χ0) is 9.66. The molecule has 0 radical (unpaired) electrons. The first-order valence-electron chi connectivity index (χ1n) is 5.05. The average molecular weight is 213 g/mol. The van der Waals surface area contributed by atoms with Gasteiger partial charge < -0.3 is 10.1 Å². The Kier molecular flexibility index (Phi) is 36.1. The monoisotopic (exact) mass is 213 g/mol. The van der Waals surface area contributed by atoms with Crippen molar-refractivity contribution in [3.8, 4) is 0 Å². The molecule has 0 aromatic rings. The molecule has 0 unspecified atom stereocenters. The smallest absolute Gasteiger partial charge is 0.665 e. The fraction of sp³-hybridized carbons (Fsp3) is 1.00. The van der Waals surface area contributed by atoms with Gasteiger partial charge >= 0.3 is 51.4 Å². The van der Waals surface area contributed by atoms with Gasteiger partial charge in [0.15, 0.2) is 0 Å². The summed E-state index contributed by atoms with van der Waals surface area (Å²) < 4.78 is 5.32. The molecular formula is C10H24KNO. The molecule has 0 amide bonds. The Morgan fingerprint density at radius 1 is 1.08 bits per heavy atom. The van der Waals surface area contributed by atoms with Crippen LogP contribution in [-0.2, 0) is 4.74 Å². The molecule has 0 aliphatic carbocycles. The van der Waals surface area contributed by atoms with Crippen LogP contribution in [0, 0.1) is 0 Å². The molecule has 0 heterocycles. The van der Waals surface area contributed by atoms with Gasteiger partial charge in [0, 0.05) is 13.2 Å². The minimum Gasteiger partial charge on any atom is -0.665 e. The van der Waals surface area contributed by atoms with Crippen molar-refractivity contribution in [1.82, 2.24) is 0 Å². The Balaban J connectivity index is -0.000000309. The molecule has 0 aromatic heterocycles. The van der Waals surface area contributed by atoms with Crippen molar-refractivity contribution in [2.45, 2.75) is 40.0 Å². The van der Waals surface area contributed by atoms with Crippen molar-refractivity contribution in [1.29, 1.82) is 0 Å². The zero-order valence-corrected chi connectivity index (χ0v) is 13.2. The number of ether oxygens (including phenoxy) is 1. The molecule has 76 valence electrons. The summed E-state index contributed by atoms with van der Waals surface area (Å²) in [5.41, 5.74) is 0. The molecule has 2 nitrogen and oxygen atoms in total. The van der Waals surface area contributed by atoms with Gasteiger partial charge in [-0.1, -0.05) is 27.2 Å². The van der Waals surface area contributed by atoms with Crippen molar-refractivity contribution < 1.29 is 56.1 Å². The quantitative estimate of drug-likeness (QED) is 0.438. The van der Waals surface area contributed by atoms with Crippen LogP contribution in [0.15, 0.2) is 0 Å². The largest absolute Gasteiger partial charge is 1.00 e. The van der Waals surface area contributed by atoms with Gasteiger partial charge in [-0.15, -0.1) is 6.54 Å². The topological polar surface area (TPSA) is 23.3 Å². The van der Waals surface area contributed by atoms with E-state index in [9.17, 15) is 0 Å². The van der Waals surface area contributed by atoms with Gasteiger partial charge in [-0.3, -0.25) is 0 Å². The Labute approximate surface area is 127 Å². The molecule has 0 atom stereocenters. The summed E-state index contributed by atoms with van der Waals surface area (Å²) in [6.07, 6.45) is 3.47. The number of unbranched alkanes of at least 4 members (excludes halogenated alkanes) is 1. The van der Waals surface area contributed by atoms with Crippen molar-refractivity contribution in [2.24, 2.45) is 0 Å². The first-order chi connectivity index (χ1) is 5.91. The third-order valence-corrected chi connectivity index (χ3v) is 1.31. The van der Waals surface area contributed by atoms with E-state index in [2.05, 4.69) is 12.2 Å². The molecule has 13 heavy (non-hydrogen) atoms. The van der Waals surface area contributed by atoms with Crippen LogP contribution in [0.1, 0.15) is 40.0 Å². The second-order valence-corrected chi connectivity index (χ2v) is 2.36. The van der Waals surface area contributed by atoms with Crippen LogP contribution in [0.4, 0.5) is 0 Å². The van der Waals surface area contributed by atoms with Crippen molar-refractivity contribution >= 4 is 0 Å². The Morgan fingerprint density at radius 3 is 2.08 bits per heavy atom. The third-order valence-electron chi connectivity index (χ3n) is 1.31. The van der Waals surface area contributed by atoms with E-state index in [1.807, 2.05) is 20.9 Å². The zero-order valence-electron chi connectivity index (χ0n) is 10.1. The van der Waals surface area contributed by atoms with Gasteiger partial charge in [-0.2, -0.15) is 7.05 Å². The normalized spacial score (nSPS) is 8.31. The molecule has 0 aliphatic heterocycles. The Bertz CT molecular complexity index is 54.9. The number of nitrogens with zero attached hydrogens (tertiary/aromatic N) is 1. The van der Waals surface area contributed by atoms with E-state index in [1.54, 1.807) is 0 Å². The van der Waals surface area contributed by atoms with E-state index in [0.29, 0.717) is 0 Å². The fourth-order valence-corrected chi connectivity index (χ4v) is 0.673. The van der Waals surface area contributed by atoms with Crippen LogP contribution in [0.5, 0.6) is 0 Å². The SMILES string of the molecule is CC.CCCCOCCC[N-]C.[K+]. The molecule has 0 aromatic carbocycles. The predicted octanol–water partition coefficient (Wildman–Crippen LogP) is 0.227. The van der Waals surface area contributed by atoms with Crippen molar-refractivity contribution in [3.63, 3.8) is 0 Å². The Morgan fingerprint density at radius 2 is 1.62 bits per heavy atom. The summed E-state index contributed by atoms with van der Waals surface area (Å²) >= 11 is 0. The van der Waals surface area contributed by atoms with Crippen LogP contribution < -0.4 is 51.4 Å². The molecule has 0 aliphatic rings. The molecule has 0 N–H and O–H groups in total. The second-order valence-electron chi connectivity index (χ2n) is 2.36. The minimum absolute atomic E-state index is 0. The number of rotatable bonds is 7. The van der Waals surface area contributed by atoms with Gasteiger partial charge in [0.1, 0.15) is 0 Å². The number of hydrogen-bond acceptors (Lipinski definition) is 1. The van der Waals surface area contributed by atoms with Crippen LogP contribution >= 0.6 is 0 Å². The first-order valence-corrected chi connectivity index (χ1v) is 5.05. The molecular weight excluding hydrogens is 189 g/mol. The fourth-order valence-electron chi connectivity index (χ4n) is 0.673. The molecule has 0 saturated heterocycles. The maximum Gasteiger partial charge on any atom is 1.00 e.